The summed E-state index contributed by atoms with van der Waals surface area (Å²) in [5.41, 5.74) is 22.1. The molecule has 460 valence electrons. The van der Waals surface area contributed by atoms with Gasteiger partial charge in [0.15, 0.2) is 0 Å². The Kier molecular flexibility index (Phi) is 50.7. The summed E-state index contributed by atoms with van der Waals surface area (Å²) in [6.45, 7) is 9.22. The van der Waals surface area contributed by atoms with Crippen LogP contribution >= 0.6 is 0 Å². The van der Waals surface area contributed by atoms with Crippen LogP contribution in [-0.4, -0.2) is 4.70 Å². The van der Waals surface area contributed by atoms with Gasteiger partial charge in [0, 0.05) is 37.1 Å². The monoisotopic (exact) mass is 1190 g/mol. The van der Waals surface area contributed by atoms with Gasteiger partial charge in [-0.25, -0.2) is 4.70 Å². The Bertz CT molecular complexity index is 1820. The molecule has 2 aromatic rings. The molecule has 0 fully saturated rings. The molecule has 0 N–H and O–H groups in total. The van der Waals surface area contributed by atoms with Gasteiger partial charge in [-0.1, -0.05) is 366 Å². The molecule has 0 atom stereocenters. The standard InChI is InChI=1S/C77H132N2.Pd/c1-5-9-13-16-18-20-22-24-26-28-30-31-32-33-34-35-36-37-38-40-42-44-46-48-50-52-54-57-67-75-74(66-12-8-4)76(79(78)77(75)73-65-58-62-70(68-73)60-55-15-11-7-3)72-64-59-63-71(69-72)61-56-53-51-49-47-45-43-41-39-29-27-25-23-21-19-17-14-10-6-2;/h57-59,62-65,67-69H,5-56,60-61,66H2,1-4H3;. The molecule has 0 unspecified atom stereocenters. The molecule has 2 nitrogen and oxygen atoms in total. The number of rotatable bonds is 58. The topological polar surface area (TPSA) is 25.3 Å². The van der Waals surface area contributed by atoms with E-state index in [0.717, 1.165) is 61.0 Å². The molecule has 0 amide bonds. The molecule has 1 aliphatic rings. The van der Waals surface area contributed by atoms with Crippen molar-refractivity contribution in [2.75, 3.05) is 0 Å². The average molecular weight is 1190 g/mol. The number of benzene rings is 2. The molecular formula is C77H132N2Pd. The Morgan fingerprint density at radius 1 is 0.312 bits per heavy atom. The quantitative estimate of drug-likeness (QED) is 0.0358. The molecule has 2 aromatic carbocycles. The summed E-state index contributed by atoms with van der Waals surface area (Å²) in [7, 11) is 0. The van der Waals surface area contributed by atoms with Crippen LogP contribution in [0.2, 0.25) is 0 Å². The summed E-state index contributed by atoms with van der Waals surface area (Å²) in [6.07, 6.45) is 80.6. The van der Waals surface area contributed by atoms with E-state index in [1.54, 1.807) is 4.70 Å². The molecule has 0 saturated heterocycles. The van der Waals surface area contributed by atoms with Crippen molar-refractivity contribution in [1.29, 1.82) is 0 Å². The van der Waals surface area contributed by atoms with Gasteiger partial charge in [0.05, 0.1) is 5.57 Å². The van der Waals surface area contributed by atoms with E-state index < -0.39 is 0 Å². The number of allylic oxidation sites excluding steroid dienone is 4. The summed E-state index contributed by atoms with van der Waals surface area (Å²) in [5.74, 6) is 0. The molecule has 0 aliphatic carbocycles. The van der Waals surface area contributed by atoms with Crippen LogP contribution in [-0.2, 0) is 33.3 Å². The van der Waals surface area contributed by atoms with Crippen molar-refractivity contribution >= 4 is 11.4 Å². The van der Waals surface area contributed by atoms with E-state index >= 15 is 0 Å². The number of nitrogens with zero attached hydrogens (tertiary/aromatic N) is 2. The SMILES string of the molecule is CCCCCCCCCCCCCCCCCCCCCCCCCCCCC=CC1=C(c2cccc(CCCCCC)c2)[N+](=[N-])C(c2cccc(CCCCCCCCCCCCCCCCCCCCC)c2)=C1CCCC.[Pd]. The number of unbranched alkanes of at least 4 members (excludes halogenated alkanes) is 48. The first kappa shape index (κ1) is 74.0. The zero-order valence-electron chi connectivity index (χ0n) is 53.9. The second-order valence-corrected chi connectivity index (χ2v) is 25.4. The van der Waals surface area contributed by atoms with Crippen molar-refractivity contribution in [3.05, 3.63) is 99.6 Å². The largest absolute Gasteiger partial charge is 0.493 e. The fraction of sp³-hybridized carbons (Fsp3) is 0.766. The van der Waals surface area contributed by atoms with Crippen LogP contribution in [0.4, 0.5) is 0 Å². The van der Waals surface area contributed by atoms with Gasteiger partial charge >= 0.3 is 0 Å². The van der Waals surface area contributed by atoms with Crippen LogP contribution in [0.5, 0.6) is 0 Å². The van der Waals surface area contributed by atoms with E-state index in [1.165, 1.54) is 337 Å². The van der Waals surface area contributed by atoms with Gasteiger partial charge in [-0.15, -0.1) is 0 Å². The Labute approximate surface area is 513 Å². The van der Waals surface area contributed by atoms with Gasteiger partial charge in [-0.3, -0.25) is 0 Å². The van der Waals surface area contributed by atoms with Crippen LogP contribution < -0.4 is 0 Å². The molecule has 1 aliphatic heterocycles. The second kappa shape index (κ2) is 54.8. The molecule has 0 aromatic heterocycles. The number of hydrogen-bond donors (Lipinski definition) is 0. The van der Waals surface area contributed by atoms with Crippen molar-refractivity contribution in [2.24, 2.45) is 0 Å². The average Bonchev–Trinajstić information content (AvgIpc) is 3.75. The maximum Gasteiger partial charge on any atom is 0.215 e. The van der Waals surface area contributed by atoms with Crippen molar-refractivity contribution < 1.29 is 25.1 Å². The van der Waals surface area contributed by atoms with Crippen molar-refractivity contribution in [2.45, 2.75) is 381 Å². The Balaban J connectivity index is 0.0000219. The minimum absolute atomic E-state index is 0. The van der Waals surface area contributed by atoms with Gasteiger partial charge in [0.2, 0.25) is 11.4 Å². The maximum absolute atomic E-state index is 12.5. The second-order valence-electron chi connectivity index (χ2n) is 25.4. The first-order valence-electron chi connectivity index (χ1n) is 36.0. The predicted molar refractivity (Wildman–Crippen MR) is 354 cm³/mol. The summed E-state index contributed by atoms with van der Waals surface area (Å²) < 4.78 is 1.60. The van der Waals surface area contributed by atoms with Crippen molar-refractivity contribution in [3.63, 3.8) is 0 Å². The van der Waals surface area contributed by atoms with Crippen molar-refractivity contribution in [3.8, 4) is 0 Å². The summed E-state index contributed by atoms with van der Waals surface area (Å²) in [6, 6.07) is 18.3. The first-order chi connectivity index (χ1) is 39.1. The zero-order chi connectivity index (χ0) is 56.2. The molecule has 0 radical (unpaired) electrons. The fourth-order valence-electron chi connectivity index (χ4n) is 12.7. The van der Waals surface area contributed by atoms with E-state index in [4.69, 9.17) is 0 Å². The molecule has 0 bridgehead atoms. The third-order valence-electron chi connectivity index (χ3n) is 17.9. The minimum atomic E-state index is 0. The van der Waals surface area contributed by atoms with Crippen molar-refractivity contribution in [1.82, 2.24) is 0 Å². The molecule has 0 spiro atoms. The number of aryl methyl sites for hydroxylation is 2. The Morgan fingerprint density at radius 3 is 0.912 bits per heavy atom. The summed E-state index contributed by atoms with van der Waals surface area (Å²) in [4.78, 5) is 0. The minimum Gasteiger partial charge on any atom is -0.493 e. The number of hydrogen-bond acceptors (Lipinski definition) is 0. The van der Waals surface area contributed by atoms with Gasteiger partial charge in [-0.2, -0.15) is 0 Å². The van der Waals surface area contributed by atoms with Gasteiger partial charge in [0.25, 0.3) is 0 Å². The summed E-state index contributed by atoms with van der Waals surface area (Å²) >= 11 is 0. The van der Waals surface area contributed by atoms with E-state index in [0.29, 0.717) is 0 Å². The fourth-order valence-corrected chi connectivity index (χ4v) is 12.7. The summed E-state index contributed by atoms with van der Waals surface area (Å²) in [5, 5.41) is 0. The van der Waals surface area contributed by atoms with E-state index in [9.17, 15) is 5.53 Å². The normalized spacial score (nSPS) is 12.8. The van der Waals surface area contributed by atoms with Gasteiger partial charge < -0.3 is 5.53 Å². The van der Waals surface area contributed by atoms with Crippen LogP contribution in [0.25, 0.3) is 16.9 Å². The molecular weight excluding hydrogens is 1060 g/mol. The Morgan fingerprint density at radius 2 is 0.588 bits per heavy atom. The predicted octanol–water partition coefficient (Wildman–Crippen LogP) is 27.3. The van der Waals surface area contributed by atoms with Crippen LogP contribution in [0.15, 0.2) is 71.8 Å². The van der Waals surface area contributed by atoms with E-state index in [1.807, 2.05) is 0 Å². The first-order valence-corrected chi connectivity index (χ1v) is 36.0. The molecule has 3 heteroatoms. The zero-order valence-corrected chi connectivity index (χ0v) is 55.4. The van der Waals surface area contributed by atoms with Crippen LogP contribution in [0.3, 0.4) is 0 Å². The van der Waals surface area contributed by atoms with Crippen LogP contribution in [0, 0.1) is 0 Å². The van der Waals surface area contributed by atoms with Gasteiger partial charge in [0.1, 0.15) is 0 Å². The molecule has 0 saturated carbocycles. The molecule has 1 heterocycles. The molecule has 80 heavy (non-hydrogen) atoms. The third-order valence-corrected chi connectivity index (χ3v) is 17.9. The maximum atomic E-state index is 12.5. The smallest absolute Gasteiger partial charge is 0.215 e. The van der Waals surface area contributed by atoms with Crippen LogP contribution in [0.1, 0.15) is 390 Å². The Hall–Kier alpha value is -2.08. The third kappa shape index (κ3) is 37.3. The van der Waals surface area contributed by atoms with Gasteiger partial charge in [-0.05, 0) is 86.8 Å². The van der Waals surface area contributed by atoms with E-state index in [-0.39, 0.29) is 20.4 Å². The van der Waals surface area contributed by atoms with E-state index in [2.05, 4.69) is 88.4 Å². The molecule has 3 rings (SSSR count).